The van der Waals surface area contributed by atoms with Gasteiger partial charge in [-0.1, -0.05) is 6.92 Å². The highest BCUT2D eigenvalue weighted by Crippen LogP contribution is 2.23. The van der Waals surface area contributed by atoms with Crippen LogP contribution in [0, 0.1) is 5.92 Å². The van der Waals surface area contributed by atoms with E-state index in [0.717, 1.165) is 26.1 Å². The van der Waals surface area contributed by atoms with Crippen molar-refractivity contribution in [2.24, 2.45) is 5.92 Å². The molecule has 3 unspecified atom stereocenters. The molecule has 1 amide bonds. The van der Waals surface area contributed by atoms with Gasteiger partial charge >= 0.3 is 0 Å². The number of fused-ring (bicyclic) bond motifs is 1. The normalized spacial score (nSPS) is 36.9. The van der Waals surface area contributed by atoms with E-state index in [1.807, 2.05) is 0 Å². The van der Waals surface area contributed by atoms with Crippen molar-refractivity contribution in [2.45, 2.75) is 51.1 Å². The van der Waals surface area contributed by atoms with Gasteiger partial charge in [0, 0.05) is 25.7 Å². The molecule has 3 rings (SSSR count). The second kappa shape index (κ2) is 5.80. The second-order valence-corrected chi connectivity index (χ2v) is 6.52. The molecular formula is C15H27N3O. The molecule has 0 aromatic heterocycles. The molecule has 3 atom stereocenters. The van der Waals surface area contributed by atoms with Crippen molar-refractivity contribution in [3.8, 4) is 0 Å². The Hall–Kier alpha value is -0.610. The van der Waals surface area contributed by atoms with Crippen LogP contribution in [0.1, 0.15) is 39.0 Å². The van der Waals surface area contributed by atoms with Gasteiger partial charge in [-0.05, 0) is 51.1 Å². The van der Waals surface area contributed by atoms with Crippen LogP contribution in [0.4, 0.5) is 0 Å². The molecule has 108 valence electrons. The maximum Gasteiger partial charge on any atom is 0.240 e. The molecule has 4 nitrogen and oxygen atoms in total. The van der Waals surface area contributed by atoms with Crippen molar-refractivity contribution in [3.63, 3.8) is 0 Å². The Balaban J connectivity index is 1.65. The van der Waals surface area contributed by atoms with Crippen LogP contribution in [-0.2, 0) is 4.79 Å². The Kier molecular flexibility index (Phi) is 4.08. The van der Waals surface area contributed by atoms with Gasteiger partial charge in [0.2, 0.25) is 5.91 Å². The third kappa shape index (κ3) is 2.79. The van der Waals surface area contributed by atoms with Gasteiger partial charge in [0.15, 0.2) is 0 Å². The quantitative estimate of drug-likeness (QED) is 0.770. The molecule has 3 aliphatic rings. The first-order valence-corrected chi connectivity index (χ1v) is 8.02. The summed E-state index contributed by atoms with van der Waals surface area (Å²) in [5.74, 6) is 0.852. The molecule has 0 saturated carbocycles. The van der Waals surface area contributed by atoms with Gasteiger partial charge in [-0.3, -0.25) is 9.69 Å². The molecular weight excluding hydrogens is 238 g/mol. The minimum Gasteiger partial charge on any atom is -0.340 e. The summed E-state index contributed by atoms with van der Waals surface area (Å²) >= 11 is 0. The molecule has 3 aliphatic heterocycles. The molecule has 19 heavy (non-hydrogen) atoms. The summed E-state index contributed by atoms with van der Waals surface area (Å²) in [7, 11) is 0. The van der Waals surface area contributed by atoms with Crippen LogP contribution < -0.4 is 5.32 Å². The van der Waals surface area contributed by atoms with E-state index in [0.29, 0.717) is 17.9 Å². The average molecular weight is 265 g/mol. The lowest BCUT2D eigenvalue weighted by Crippen LogP contribution is -2.53. The summed E-state index contributed by atoms with van der Waals surface area (Å²) in [6, 6.07) is 0.701. The standard InChI is InChI=1S/C15H27N3O/c1-12-5-2-7-16-14(12)15(19)18-10-4-9-17-8-3-6-13(17)11-18/h12-14,16H,2-11H2,1H3. The number of rotatable bonds is 1. The van der Waals surface area contributed by atoms with E-state index in [-0.39, 0.29) is 6.04 Å². The molecule has 1 N–H and O–H groups in total. The Morgan fingerprint density at radius 3 is 2.79 bits per heavy atom. The van der Waals surface area contributed by atoms with E-state index < -0.39 is 0 Å². The Bertz CT molecular complexity index is 333. The molecule has 4 heteroatoms. The number of hydrogen-bond donors (Lipinski definition) is 1. The van der Waals surface area contributed by atoms with Crippen molar-refractivity contribution < 1.29 is 4.79 Å². The highest BCUT2D eigenvalue weighted by molar-refractivity contribution is 5.82. The molecule has 0 aromatic carbocycles. The summed E-state index contributed by atoms with van der Waals surface area (Å²) in [5.41, 5.74) is 0. The zero-order valence-corrected chi connectivity index (χ0v) is 12.1. The van der Waals surface area contributed by atoms with Crippen molar-refractivity contribution >= 4 is 5.91 Å². The lowest BCUT2D eigenvalue weighted by Gasteiger charge is -2.34. The summed E-state index contributed by atoms with van der Waals surface area (Å²) in [6.45, 7) is 7.56. The monoisotopic (exact) mass is 265 g/mol. The van der Waals surface area contributed by atoms with Crippen LogP contribution in [0.3, 0.4) is 0 Å². The van der Waals surface area contributed by atoms with Crippen LogP contribution >= 0.6 is 0 Å². The third-order valence-corrected chi connectivity index (χ3v) is 5.15. The van der Waals surface area contributed by atoms with Crippen LogP contribution in [0.5, 0.6) is 0 Å². The minimum absolute atomic E-state index is 0.0710. The molecule has 0 aliphatic carbocycles. The van der Waals surface area contributed by atoms with Crippen molar-refractivity contribution in [2.75, 3.05) is 32.7 Å². The van der Waals surface area contributed by atoms with Crippen molar-refractivity contribution in [3.05, 3.63) is 0 Å². The van der Waals surface area contributed by atoms with E-state index in [1.165, 1.54) is 38.8 Å². The summed E-state index contributed by atoms with van der Waals surface area (Å²) in [4.78, 5) is 17.5. The minimum atomic E-state index is 0.0710. The number of hydrogen-bond acceptors (Lipinski definition) is 3. The van der Waals surface area contributed by atoms with E-state index in [1.54, 1.807) is 0 Å². The predicted molar refractivity (Wildman–Crippen MR) is 76.0 cm³/mol. The molecule has 3 saturated heterocycles. The van der Waals surface area contributed by atoms with Crippen LogP contribution in [0.2, 0.25) is 0 Å². The Labute approximate surface area is 116 Å². The molecule has 3 fully saturated rings. The SMILES string of the molecule is CC1CCCNC1C(=O)N1CCCN2CCCC2C1. The molecule has 0 spiro atoms. The predicted octanol–water partition coefficient (Wildman–Crippen LogP) is 1.07. The highest BCUT2D eigenvalue weighted by Gasteiger charge is 2.35. The van der Waals surface area contributed by atoms with Gasteiger partial charge in [0.1, 0.15) is 0 Å². The zero-order valence-electron chi connectivity index (χ0n) is 12.1. The maximum atomic E-state index is 12.7. The number of piperidine rings is 1. The first kappa shape index (κ1) is 13.4. The summed E-state index contributed by atoms with van der Waals surface area (Å²) in [5, 5.41) is 3.44. The van der Waals surface area contributed by atoms with Gasteiger partial charge in [0.05, 0.1) is 6.04 Å². The van der Waals surface area contributed by atoms with E-state index in [4.69, 9.17) is 0 Å². The largest absolute Gasteiger partial charge is 0.340 e. The fourth-order valence-corrected chi connectivity index (χ4v) is 3.98. The topological polar surface area (TPSA) is 35.6 Å². The van der Waals surface area contributed by atoms with Gasteiger partial charge in [0.25, 0.3) is 0 Å². The fourth-order valence-electron chi connectivity index (χ4n) is 3.98. The van der Waals surface area contributed by atoms with Gasteiger partial charge in [-0.2, -0.15) is 0 Å². The fraction of sp³-hybridized carbons (Fsp3) is 0.933. The van der Waals surface area contributed by atoms with E-state index in [2.05, 4.69) is 22.0 Å². The van der Waals surface area contributed by atoms with Crippen molar-refractivity contribution in [1.29, 1.82) is 0 Å². The molecule has 0 bridgehead atoms. The molecule has 3 heterocycles. The van der Waals surface area contributed by atoms with Gasteiger partial charge in [-0.25, -0.2) is 0 Å². The van der Waals surface area contributed by atoms with Crippen molar-refractivity contribution in [1.82, 2.24) is 15.1 Å². The number of nitrogens with one attached hydrogen (secondary N) is 1. The lowest BCUT2D eigenvalue weighted by atomic mass is 9.91. The first-order valence-electron chi connectivity index (χ1n) is 8.02. The Morgan fingerprint density at radius 2 is 1.95 bits per heavy atom. The van der Waals surface area contributed by atoms with E-state index in [9.17, 15) is 4.79 Å². The third-order valence-electron chi connectivity index (χ3n) is 5.15. The molecule has 0 radical (unpaired) electrons. The summed E-state index contributed by atoms with van der Waals surface area (Å²) in [6.07, 6.45) is 6.12. The highest BCUT2D eigenvalue weighted by atomic mass is 16.2. The number of amides is 1. The first-order chi connectivity index (χ1) is 9.25. The number of carbonyl (C=O) groups excluding carboxylic acids is 1. The lowest BCUT2D eigenvalue weighted by molar-refractivity contribution is -0.135. The average Bonchev–Trinajstić information content (AvgIpc) is 2.76. The summed E-state index contributed by atoms with van der Waals surface area (Å²) < 4.78 is 0. The smallest absolute Gasteiger partial charge is 0.240 e. The number of carbonyl (C=O) groups is 1. The van der Waals surface area contributed by atoms with Crippen LogP contribution in [-0.4, -0.2) is 60.5 Å². The zero-order chi connectivity index (χ0) is 13.2. The molecule has 0 aromatic rings. The second-order valence-electron chi connectivity index (χ2n) is 6.52. The van der Waals surface area contributed by atoms with Gasteiger partial charge < -0.3 is 10.2 Å². The van der Waals surface area contributed by atoms with Gasteiger partial charge in [-0.15, -0.1) is 0 Å². The maximum absolute atomic E-state index is 12.7. The van der Waals surface area contributed by atoms with Crippen LogP contribution in [0.15, 0.2) is 0 Å². The number of nitrogens with zero attached hydrogens (tertiary/aromatic N) is 2. The van der Waals surface area contributed by atoms with E-state index >= 15 is 0 Å². The van der Waals surface area contributed by atoms with Crippen LogP contribution in [0.25, 0.3) is 0 Å². The Morgan fingerprint density at radius 1 is 1.11 bits per heavy atom.